The standard InChI is InChI=1S/C20H14ClF4N5O/c1-11(29-18-14(21)3-2-4-15(18)22)28-13-5-6-16(27-10-13)19(31)30-17-9-12(7-8-26-17)20(23,24)25/h2-10H,1H3,(H,28,29)(H,26,30,31). The number of nitrogens with zero attached hydrogens (tertiary/aromatic N) is 3. The number of aliphatic imine (C=N–C) groups is 1. The van der Waals surface area contributed by atoms with Crippen molar-refractivity contribution in [2.75, 3.05) is 10.6 Å². The molecule has 0 atom stereocenters. The number of rotatable bonds is 4. The van der Waals surface area contributed by atoms with E-state index in [2.05, 4.69) is 25.6 Å². The summed E-state index contributed by atoms with van der Waals surface area (Å²) >= 11 is 5.93. The van der Waals surface area contributed by atoms with Gasteiger partial charge in [0.05, 0.1) is 22.5 Å². The molecule has 0 bridgehead atoms. The van der Waals surface area contributed by atoms with E-state index in [1.54, 1.807) is 6.92 Å². The monoisotopic (exact) mass is 451 g/mol. The highest BCUT2D eigenvalue weighted by atomic mass is 35.5. The molecule has 0 saturated carbocycles. The van der Waals surface area contributed by atoms with Crippen molar-refractivity contribution in [3.05, 3.63) is 77.0 Å². The Balaban J connectivity index is 1.69. The fourth-order valence-electron chi connectivity index (χ4n) is 2.46. The zero-order valence-corrected chi connectivity index (χ0v) is 16.6. The Morgan fingerprint density at radius 3 is 2.52 bits per heavy atom. The van der Waals surface area contributed by atoms with Gasteiger partial charge in [-0.25, -0.2) is 19.4 Å². The molecule has 1 aromatic carbocycles. The number of carbonyl (C=O) groups is 1. The number of carbonyl (C=O) groups excluding carboxylic acids is 1. The van der Waals surface area contributed by atoms with Gasteiger partial charge in [-0.15, -0.1) is 0 Å². The molecule has 0 spiro atoms. The van der Waals surface area contributed by atoms with Crippen molar-refractivity contribution in [2.24, 2.45) is 4.99 Å². The van der Waals surface area contributed by atoms with Gasteiger partial charge < -0.3 is 10.6 Å². The Hall–Kier alpha value is -3.53. The van der Waals surface area contributed by atoms with Gasteiger partial charge in [-0.05, 0) is 43.3 Å². The summed E-state index contributed by atoms with van der Waals surface area (Å²) in [5.41, 5.74) is -0.555. The van der Waals surface area contributed by atoms with Gasteiger partial charge in [-0.2, -0.15) is 13.2 Å². The van der Waals surface area contributed by atoms with Crippen molar-refractivity contribution in [2.45, 2.75) is 13.1 Å². The van der Waals surface area contributed by atoms with Crippen LogP contribution in [-0.4, -0.2) is 21.7 Å². The average molecular weight is 452 g/mol. The summed E-state index contributed by atoms with van der Waals surface area (Å²) < 4.78 is 52.1. The van der Waals surface area contributed by atoms with E-state index in [0.717, 1.165) is 18.3 Å². The molecule has 31 heavy (non-hydrogen) atoms. The van der Waals surface area contributed by atoms with Crippen LogP contribution in [0.1, 0.15) is 23.0 Å². The Labute approximate surface area is 179 Å². The molecular formula is C20H14ClF4N5O. The molecule has 0 saturated heterocycles. The Kier molecular flexibility index (Phi) is 6.50. The van der Waals surface area contributed by atoms with E-state index < -0.39 is 23.5 Å². The number of alkyl halides is 3. The number of pyridine rings is 2. The first-order valence-electron chi connectivity index (χ1n) is 8.70. The lowest BCUT2D eigenvalue weighted by Gasteiger charge is -2.09. The Bertz CT molecular complexity index is 1110. The van der Waals surface area contributed by atoms with E-state index in [1.807, 2.05) is 0 Å². The number of hydrogen-bond donors (Lipinski definition) is 2. The number of para-hydroxylation sites is 1. The molecule has 0 aliphatic heterocycles. The van der Waals surface area contributed by atoms with Crippen molar-refractivity contribution in [1.29, 1.82) is 0 Å². The third kappa shape index (κ3) is 5.76. The normalized spacial score (nSPS) is 11.9. The minimum Gasteiger partial charge on any atom is -0.343 e. The minimum absolute atomic E-state index is 0.0216. The van der Waals surface area contributed by atoms with E-state index in [0.29, 0.717) is 11.5 Å². The van der Waals surface area contributed by atoms with Gasteiger partial charge in [0.25, 0.3) is 5.91 Å². The molecule has 1 amide bonds. The van der Waals surface area contributed by atoms with Crippen LogP contribution in [0.3, 0.4) is 0 Å². The van der Waals surface area contributed by atoms with Gasteiger partial charge >= 0.3 is 6.18 Å². The molecule has 0 fully saturated rings. The van der Waals surface area contributed by atoms with Crippen LogP contribution < -0.4 is 10.6 Å². The van der Waals surface area contributed by atoms with Gasteiger partial charge in [-0.3, -0.25) is 4.79 Å². The number of halogens is 5. The van der Waals surface area contributed by atoms with Crippen LogP contribution in [0.25, 0.3) is 0 Å². The largest absolute Gasteiger partial charge is 0.416 e. The van der Waals surface area contributed by atoms with E-state index in [9.17, 15) is 22.4 Å². The predicted octanol–water partition coefficient (Wildman–Crippen LogP) is 5.70. The summed E-state index contributed by atoms with van der Waals surface area (Å²) in [6.07, 6.45) is -2.29. The lowest BCUT2D eigenvalue weighted by molar-refractivity contribution is -0.137. The van der Waals surface area contributed by atoms with E-state index in [4.69, 9.17) is 11.6 Å². The van der Waals surface area contributed by atoms with Gasteiger partial charge in [-0.1, -0.05) is 17.7 Å². The summed E-state index contributed by atoms with van der Waals surface area (Å²) in [5.74, 6) is -1.25. The number of aromatic nitrogens is 2. The summed E-state index contributed by atoms with van der Waals surface area (Å²) in [5, 5.41) is 5.29. The summed E-state index contributed by atoms with van der Waals surface area (Å²) in [4.78, 5) is 24.0. The summed E-state index contributed by atoms with van der Waals surface area (Å²) in [6, 6.07) is 8.57. The highest BCUT2D eigenvalue weighted by molar-refractivity contribution is 6.33. The van der Waals surface area contributed by atoms with Crippen LogP contribution in [0.4, 0.5) is 34.8 Å². The third-order valence-corrected chi connectivity index (χ3v) is 4.17. The summed E-state index contributed by atoms with van der Waals surface area (Å²) in [6.45, 7) is 1.59. The van der Waals surface area contributed by atoms with Gasteiger partial charge in [0.2, 0.25) is 0 Å². The second-order valence-electron chi connectivity index (χ2n) is 6.21. The molecule has 0 unspecified atom stereocenters. The van der Waals surface area contributed by atoms with Crippen LogP contribution in [0.15, 0.2) is 59.9 Å². The second kappa shape index (κ2) is 9.09. The molecule has 3 rings (SSSR count). The highest BCUT2D eigenvalue weighted by Crippen LogP contribution is 2.30. The van der Waals surface area contributed by atoms with Crippen LogP contribution in [0.5, 0.6) is 0 Å². The second-order valence-corrected chi connectivity index (χ2v) is 6.61. The number of anilines is 2. The number of hydrogen-bond acceptors (Lipinski definition) is 4. The molecule has 0 aliphatic rings. The molecule has 2 N–H and O–H groups in total. The molecule has 6 nitrogen and oxygen atoms in total. The summed E-state index contributed by atoms with van der Waals surface area (Å²) in [7, 11) is 0. The molecular weight excluding hydrogens is 438 g/mol. The first-order valence-corrected chi connectivity index (χ1v) is 9.08. The Morgan fingerprint density at radius 1 is 1.10 bits per heavy atom. The molecule has 2 heterocycles. The number of amidine groups is 1. The SMILES string of the molecule is CC(=Nc1c(F)cccc1Cl)Nc1ccc(C(=O)Nc2cc(C(F)(F)F)ccn2)nc1. The highest BCUT2D eigenvalue weighted by Gasteiger charge is 2.30. The maximum atomic E-state index is 13.8. The first kappa shape index (κ1) is 22.2. The molecule has 3 aromatic rings. The van der Waals surface area contributed by atoms with Gasteiger partial charge in [0.1, 0.15) is 28.9 Å². The number of amides is 1. The number of benzene rings is 1. The van der Waals surface area contributed by atoms with Crippen LogP contribution in [0.2, 0.25) is 5.02 Å². The maximum absolute atomic E-state index is 13.8. The number of nitrogens with one attached hydrogen (secondary N) is 2. The van der Waals surface area contributed by atoms with E-state index >= 15 is 0 Å². The van der Waals surface area contributed by atoms with Crippen LogP contribution in [-0.2, 0) is 6.18 Å². The van der Waals surface area contributed by atoms with Crippen molar-refractivity contribution < 1.29 is 22.4 Å². The molecule has 0 aliphatic carbocycles. The molecule has 0 radical (unpaired) electrons. The lowest BCUT2D eigenvalue weighted by atomic mass is 10.2. The Morgan fingerprint density at radius 2 is 1.87 bits per heavy atom. The first-order chi connectivity index (χ1) is 14.6. The van der Waals surface area contributed by atoms with Crippen molar-refractivity contribution in [3.8, 4) is 0 Å². The molecule has 160 valence electrons. The molecule has 11 heteroatoms. The predicted molar refractivity (Wildman–Crippen MR) is 109 cm³/mol. The third-order valence-electron chi connectivity index (χ3n) is 3.87. The van der Waals surface area contributed by atoms with Crippen LogP contribution in [0, 0.1) is 5.82 Å². The average Bonchev–Trinajstić information content (AvgIpc) is 2.71. The van der Waals surface area contributed by atoms with Crippen molar-refractivity contribution in [3.63, 3.8) is 0 Å². The maximum Gasteiger partial charge on any atom is 0.416 e. The fourth-order valence-corrected chi connectivity index (χ4v) is 2.66. The van der Waals surface area contributed by atoms with Gasteiger partial charge in [0, 0.05) is 6.20 Å². The van der Waals surface area contributed by atoms with Gasteiger partial charge in [0.15, 0.2) is 0 Å². The van der Waals surface area contributed by atoms with Crippen LogP contribution >= 0.6 is 11.6 Å². The van der Waals surface area contributed by atoms with E-state index in [-0.39, 0.29) is 22.2 Å². The lowest BCUT2D eigenvalue weighted by Crippen LogP contribution is -2.16. The van der Waals surface area contributed by atoms with Crippen molar-refractivity contribution in [1.82, 2.24) is 9.97 Å². The topological polar surface area (TPSA) is 79.3 Å². The minimum atomic E-state index is -4.56. The van der Waals surface area contributed by atoms with Crippen molar-refractivity contribution >= 4 is 40.5 Å². The fraction of sp³-hybridized carbons (Fsp3) is 0.100. The van der Waals surface area contributed by atoms with E-state index in [1.165, 1.54) is 36.5 Å². The zero-order chi connectivity index (χ0) is 22.6. The quantitative estimate of drug-likeness (QED) is 0.303. The molecule has 2 aromatic heterocycles. The smallest absolute Gasteiger partial charge is 0.343 e. The zero-order valence-electron chi connectivity index (χ0n) is 15.8.